The Morgan fingerprint density at radius 3 is 1.57 bits per heavy atom. The molecule has 0 heterocycles. The maximum absolute atomic E-state index is 3.63. The van der Waals surface area contributed by atoms with E-state index in [-0.39, 0.29) is 16.2 Å². The SMILES string of the molecule is CC1(C)c2ccc(-c3cc4ccccc4cc3N(c3ccc(Br)cc3)c3ccc(Br)cc3)cc2C(C)(C)C1(C)C. The molecule has 1 aliphatic rings. The van der Waals surface area contributed by atoms with Crippen LogP contribution >= 0.6 is 31.9 Å². The van der Waals surface area contributed by atoms with Crippen molar-refractivity contribution in [3.05, 3.63) is 123 Å². The van der Waals surface area contributed by atoms with Crippen molar-refractivity contribution in [2.45, 2.75) is 52.4 Å². The van der Waals surface area contributed by atoms with Crippen molar-refractivity contribution in [1.82, 2.24) is 0 Å². The summed E-state index contributed by atoms with van der Waals surface area (Å²) in [5, 5.41) is 2.47. The smallest absolute Gasteiger partial charge is 0.0546 e. The molecule has 3 heteroatoms. The summed E-state index contributed by atoms with van der Waals surface area (Å²) in [6.07, 6.45) is 0. The van der Waals surface area contributed by atoms with Crippen LogP contribution in [0.1, 0.15) is 52.7 Å². The second kappa shape index (κ2) is 9.60. The minimum Gasteiger partial charge on any atom is -0.310 e. The highest BCUT2D eigenvalue weighted by molar-refractivity contribution is 9.10. The largest absolute Gasteiger partial charge is 0.310 e. The van der Waals surface area contributed by atoms with Crippen molar-refractivity contribution >= 4 is 59.7 Å². The molecule has 0 saturated carbocycles. The van der Waals surface area contributed by atoms with Gasteiger partial charge in [-0.25, -0.2) is 0 Å². The lowest BCUT2D eigenvalue weighted by molar-refractivity contribution is 0.125. The molecule has 0 bridgehead atoms. The van der Waals surface area contributed by atoms with Crippen molar-refractivity contribution in [2.24, 2.45) is 5.41 Å². The number of nitrogens with zero attached hydrogens (tertiary/aromatic N) is 1. The summed E-state index contributed by atoms with van der Waals surface area (Å²) in [5.41, 5.74) is 9.03. The summed E-state index contributed by atoms with van der Waals surface area (Å²) >= 11 is 7.27. The molecule has 1 nitrogen and oxygen atoms in total. The average Bonchev–Trinajstić information content (AvgIpc) is 3.04. The zero-order valence-electron chi connectivity index (χ0n) is 24.0. The molecule has 0 aromatic heterocycles. The summed E-state index contributed by atoms with van der Waals surface area (Å²) in [7, 11) is 0. The Bertz CT molecular complexity index is 1680. The summed E-state index contributed by atoms with van der Waals surface area (Å²) in [5.74, 6) is 0. The van der Waals surface area contributed by atoms with Crippen molar-refractivity contribution in [1.29, 1.82) is 0 Å². The number of fused-ring (bicyclic) bond motifs is 2. The van der Waals surface area contributed by atoms with Gasteiger partial charge in [0.15, 0.2) is 0 Å². The van der Waals surface area contributed by atoms with E-state index in [1.54, 1.807) is 0 Å². The molecule has 40 heavy (non-hydrogen) atoms. The molecule has 5 aromatic carbocycles. The highest BCUT2D eigenvalue weighted by Gasteiger charge is 2.56. The predicted molar refractivity (Wildman–Crippen MR) is 179 cm³/mol. The monoisotopic (exact) mass is 651 g/mol. The second-order valence-corrected chi connectivity index (χ2v) is 14.5. The maximum Gasteiger partial charge on any atom is 0.0546 e. The van der Waals surface area contributed by atoms with Crippen LogP contribution in [0.2, 0.25) is 0 Å². The lowest BCUT2D eigenvalue weighted by Crippen LogP contribution is -2.42. The summed E-state index contributed by atoms with van der Waals surface area (Å²) in [6, 6.07) is 37.8. The van der Waals surface area contributed by atoms with Gasteiger partial charge in [-0.15, -0.1) is 0 Å². The van der Waals surface area contributed by atoms with Crippen LogP contribution in [0.5, 0.6) is 0 Å². The van der Waals surface area contributed by atoms with Gasteiger partial charge in [0.05, 0.1) is 5.69 Å². The van der Waals surface area contributed by atoms with Crippen LogP contribution in [-0.4, -0.2) is 0 Å². The number of hydrogen-bond donors (Lipinski definition) is 0. The minimum absolute atomic E-state index is 0.0377. The number of halogens is 2. The van der Waals surface area contributed by atoms with Gasteiger partial charge in [-0.3, -0.25) is 0 Å². The molecule has 1 aliphatic carbocycles. The van der Waals surface area contributed by atoms with Crippen LogP contribution < -0.4 is 4.90 Å². The highest BCUT2D eigenvalue weighted by atomic mass is 79.9. The van der Waals surface area contributed by atoms with E-state index in [9.17, 15) is 0 Å². The fourth-order valence-corrected chi connectivity index (χ4v) is 7.01. The normalized spacial score (nSPS) is 16.6. The van der Waals surface area contributed by atoms with E-state index in [1.807, 2.05) is 0 Å². The first-order valence-corrected chi connectivity index (χ1v) is 15.5. The Hall–Kier alpha value is -2.88. The van der Waals surface area contributed by atoms with E-state index >= 15 is 0 Å². The molecular formula is C37H35Br2N. The van der Waals surface area contributed by atoms with Crippen LogP contribution in [0, 0.1) is 5.41 Å². The van der Waals surface area contributed by atoms with Gasteiger partial charge < -0.3 is 4.90 Å². The van der Waals surface area contributed by atoms with Gasteiger partial charge in [-0.2, -0.15) is 0 Å². The van der Waals surface area contributed by atoms with E-state index in [2.05, 4.69) is 181 Å². The highest BCUT2D eigenvalue weighted by Crippen LogP contribution is 2.62. The summed E-state index contributed by atoms with van der Waals surface area (Å²) in [4.78, 5) is 2.38. The van der Waals surface area contributed by atoms with Crippen molar-refractivity contribution < 1.29 is 0 Å². The molecule has 0 saturated heterocycles. The molecule has 0 fully saturated rings. The van der Waals surface area contributed by atoms with Gasteiger partial charge in [-0.1, -0.05) is 116 Å². The molecule has 0 unspecified atom stereocenters. The first kappa shape index (κ1) is 27.3. The van der Waals surface area contributed by atoms with Crippen molar-refractivity contribution in [3.63, 3.8) is 0 Å². The topological polar surface area (TPSA) is 3.24 Å². The standard InChI is InChI=1S/C37H35Br2N/c1-35(2)32-20-11-26(22-33(32)36(3,4)37(35,5)6)31-21-24-9-7-8-10-25(24)23-34(31)40(29-16-12-27(38)13-17-29)30-18-14-28(39)15-19-30/h7-23H,1-6H3. The zero-order valence-corrected chi connectivity index (χ0v) is 27.2. The summed E-state index contributed by atoms with van der Waals surface area (Å²) < 4.78 is 2.13. The van der Waals surface area contributed by atoms with E-state index in [4.69, 9.17) is 0 Å². The van der Waals surface area contributed by atoms with Gasteiger partial charge >= 0.3 is 0 Å². The number of anilines is 3. The number of rotatable bonds is 4. The minimum atomic E-state index is 0.0377. The molecule has 0 N–H and O–H groups in total. The Labute approximate surface area is 255 Å². The van der Waals surface area contributed by atoms with Gasteiger partial charge in [0.2, 0.25) is 0 Å². The Balaban J connectivity index is 1.64. The molecule has 0 aliphatic heterocycles. The molecule has 0 atom stereocenters. The molecule has 202 valence electrons. The number of benzene rings is 5. The van der Waals surface area contributed by atoms with Gasteiger partial charge in [0, 0.05) is 25.9 Å². The van der Waals surface area contributed by atoms with Crippen LogP contribution in [0.4, 0.5) is 17.1 Å². The Morgan fingerprint density at radius 1 is 0.525 bits per heavy atom. The van der Waals surface area contributed by atoms with Crippen LogP contribution in [0.15, 0.2) is 112 Å². The van der Waals surface area contributed by atoms with E-state index in [0.29, 0.717) is 0 Å². The van der Waals surface area contributed by atoms with Crippen LogP contribution in [0.3, 0.4) is 0 Å². The third-order valence-corrected chi connectivity index (χ3v) is 11.1. The van der Waals surface area contributed by atoms with Gasteiger partial charge in [0.1, 0.15) is 0 Å². The van der Waals surface area contributed by atoms with Gasteiger partial charge in [-0.05, 0) is 104 Å². The maximum atomic E-state index is 3.63. The Morgan fingerprint density at radius 2 is 1.02 bits per heavy atom. The fourth-order valence-electron chi connectivity index (χ4n) is 6.48. The Kier molecular flexibility index (Phi) is 6.55. The average molecular weight is 654 g/mol. The van der Waals surface area contributed by atoms with E-state index in [0.717, 1.165) is 26.0 Å². The third-order valence-electron chi connectivity index (χ3n) is 10.1. The first-order valence-electron chi connectivity index (χ1n) is 13.9. The van der Waals surface area contributed by atoms with Crippen LogP contribution in [0.25, 0.3) is 21.9 Å². The summed E-state index contributed by atoms with van der Waals surface area (Å²) in [6.45, 7) is 14.5. The molecular weight excluding hydrogens is 618 g/mol. The first-order chi connectivity index (χ1) is 18.9. The lowest BCUT2D eigenvalue weighted by atomic mass is 9.59. The second-order valence-electron chi connectivity index (χ2n) is 12.6. The van der Waals surface area contributed by atoms with E-state index in [1.165, 1.54) is 33.0 Å². The van der Waals surface area contributed by atoms with Gasteiger partial charge in [0.25, 0.3) is 0 Å². The van der Waals surface area contributed by atoms with E-state index < -0.39 is 0 Å². The lowest BCUT2D eigenvalue weighted by Gasteiger charge is -2.44. The predicted octanol–water partition coefficient (Wildman–Crippen LogP) is 12.1. The fraction of sp³-hybridized carbons (Fsp3) is 0.243. The third kappa shape index (κ3) is 4.16. The molecule has 5 aromatic rings. The molecule has 0 spiro atoms. The van der Waals surface area contributed by atoms with Crippen molar-refractivity contribution in [2.75, 3.05) is 4.90 Å². The van der Waals surface area contributed by atoms with Crippen molar-refractivity contribution in [3.8, 4) is 11.1 Å². The zero-order chi connectivity index (χ0) is 28.4. The quantitative estimate of drug-likeness (QED) is 0.187. The van der Waals surface area contributed by atoms with Crippen LogP contribution in [-0.2, 0) is 10.8 Å². The number of hydrogen-bond acceptors (Lipinski definition) is 1. The molecule has 6 rings (SSSR count). The molecule has 0 radical (unpaired) electrons. The molecule has 0 amide bonds.